The van der Waals surface area contributed by atoms with Crippen LogP contribution in [0.1, 0.15) is 28.3 Å². The van der Waals surface area contributed by atoms with Gasteiger partial charge in [-0.3, -0.25) is 4.79 Å². The molecule has 2 N–H and O–H groups in total. The zero-order valence-corrected chi connectivity index (χ0v) is 22.1. The molecule has 1 atom stereocenters. The fourth-order valence-electron chi connectivity index (χ4n) is 4.71. The van der Waals surface area contributed by atoms with E-state index in [0.29, 0.717) is 40.0 Å². The molecule has 10 nitrogen and oxygen atoms in total. The lowest BCUT2D eigenvalue weighted by molar-refractivity contribution is 0.321. The van der Waals surface area contributed by atoms with Gasteiger partial charge in [0.1, 0.15) is 17.4 Å². The monoisotopic (exact) mass is 519 g/mol. The van der Waals surface area contributed by atoms with Gasteiger partial charge in [-0.25, -0.2) is 0 Å². The Hall–Kier alpha value is -4.78. The van der Waals surface area contributed by atoms with E-state index >= 15 is 0 Å². The van der Waals surface area contributed by atoms with Crippen LogP contribution < -0.4 is 39.7 Å². The van der Waals surface area contributed by atoms with Crippen molar-refractivity contribution in [1.82, 2.24) is 4.57 Å². The van der Waals surface area contributed by atoms with Crippen LogP contribution in [-0.4, -0.2) is 40.1 Å². The summed E-state index contributed by atoms with van der Waals surface area (Å²) in [6.45, 7) is 2.05. The second kappa shape index (κ2) is 10.7. The summed E-state index contributed by atoms with van der Waals surface area (Å²) in [7, 11) is 7.58. The molecule has 198 valence electrons. The van der Waals surface area contributed by atoms with Crippen LogP contribution in [0.25, 0.3) is 0 Å². The number of nitrogens with two attached hydrogens (primary N) is 1. The van der Waals surface area contributed by atoms with Crippen molar-refractivity contribution in [3.05, 3.63) is 80.6 Å². The molecule has 0 unspecified atom stereocenters. The lowest BCUT2D eigenvalue weighted by Gasteiger charge is -2.29. The van der Waals surface area contributed by atoms with Crippen LogP contribution >= 0.6 is 0 Å². The van der Waals surface area contributed by atoms with Crippen LogP contribution in [0.3, 0.4) is 0 Å². The molecule has 2 aromatic carbocycles. The van der Waals surface area contributed by atoms with Crippen molar-refractivity contribution >= 4 is 0 Å². The Balaban J connectivity index is 1.95. The topological polar surface area (TPSA) is 127 Å². The predicted octanol–water partition coefficient (Wildman–Crippen LogP) is 3.47. The van der Waals surface area contributed by atoms with Crippen LogP contribution in [0.15, 0.2) is 52.6 Å². The average Bonchev–Trinajstić information content (AvgIpc) is 2.93. The summed E-state index contributed by atoms with van der Waals surface area (Å²) < 4.78 is 34.8. The van der Waals surface area contributed by atoms with E-state index in [4.69, 9.17) is 34.2 Å². The standard InChI is InChI=1S/C28H29N3O7/c1-15-11-22-24(28(32)31(15)14-16-7-9-19(33-2)21(12-16)35-4)23(18(13-29)27(30)38-22)17-8-10-20(34-3)26(37-6)25(17)36-5/h7-12,23H,14,30H2,1-6H3/t23-/m0/s1. The van der Waals surface area contributed by atoms with Gasteiger partial charge >= 0.3 is 0 Å². The number of methoxy groups -OCH3 is 5. The molecule has 0 saturated carbocycles. The fourth-order valence-corrected chi connectivity index (χ4v) is 4.71. The Morgan fingerprint density at radius 3 is 2.18 bits per heavy atom. The minimum absolute atomic E-state index is 0.0849. The second-order valence-electron chi connectivity index (χ2n) is 8.49. The summed E-state index contributed by atoms with van der Waals surface area (Å²) in [4.78, 5) is 14.1. The zero-order valence-electron chi connectivity index (χ0n) is 22.1. The average molecular weight is 520 g/mol. The van der Waals surface area contributed by atoms with E-state index in [1.165, 1.54) is 21.3 Å². The van der Waals surface area contributed by atoms with E-state index in [1.54, 1.807) is 50.0 Å². The number of benzene rings is 2. The first-order chi connectivity index (χ1) is 18.3. The maximum Gasteiger partial charge on any atom is 0.259 e. The van der Waals surface area contributed by atoms with Crippen molar-refractivity contribution in [2.75, 3.05) is 35.5 Å². The highest BCUT2D eigenvalue weighted by Crippen LogP contribution is 2.49. The van der Waals surface area contributed by atoms with E-state index in [2.05, 4.69) is 6.07 Å². The van der Waals surface area contributed by atoms with Crippen LogP contribution in [0.5, 0.6) is 34.5 Å². The summed E-state index contributed by atoms with van der Waals surface area (Å²) >= 11 is 0. The Bertz CT molecular complexity index is 1520. The molecule has 0 spiro atoms. The molecule has 4 rings (SSSR count). The van der Waals surface area contributed by atoms with Crippen LogP contribution in [0.2, 0.25) is 0 Å². The third kappa shape index (κ3) is 4.32. The van der Waals surface area contributed by atoms with Gasteiger partial charge < -0.3 is 38.7 Å². The summed E-state index contributed by atoms with van der Waals surface area (Å²) in [5.74, 6) is 1.53. The number of nitrogens with zero attached hydrogens (tertiary/aromatic N) is 2. The Morgan fingerprint density at radius 1 is 0.921 bits per heavy atom. The molecular weight excluding hydrogens is 490 g/mol. The van der Waals surface area contributed by atoms with Gasteiger partial charge in [0.25, 0.3) is 5.56 Å². The van der Waals surface area contributed by atoms with Gasteiger partial charge in [0.05, 0.1) is 53.6 Å². The van der Waals surface area contributed by atoms with Crippen molar-refractivity contribution in [3.8, 4) is 40.6 Å². The lowest BCUT2D eigenvalue weighted by Crippen LogP contribution is -2.33. The number of fused-ring (bicyclic) bond motifs is 1. The number of nitriles is 1. The van der Waals surface area contributed by atoms with Crippen molar-refractivity contribution in [3.63, 3.8) is 0 Å². The summed E-state index contributed by atoms with van der Waals surface area (Å²) in [6, 6.07) is 12.7. The molecule has 0 amide bonds. The number of allylic oxidation sites excluding steroid dienone is 1. The molecule has 1 aliphatic rings. The molecule has 0 radical (unpaired) electrons. The number of pyridine rings is 1. The number of ether oxygens (including phenoxy) is 6. The second-order valence-corrected chi connectivity index (χ2v) is 8.49. The van der Waals surface area contributed by atoms with Gasteiger partial charge in [0.15, 0.2) is 23.0 Å². The molecule has 0 saturated heterocycles. The Labute approximate surface area is 220 Å². The van der Waals surface area contributed by atoms with E-state index in [9.17, 15) is 10.1 Å². The summed E-state index contributed by atoms with van der Waals surface area (Å²) in [5.41, 5.74) is 8.16. The molecule has 1 aromatic heterocycles. The lowest BCUT2D eigenvalue weighted by atomic mass is 9.83. The van der Waals surface area contributed by atoms with Gasteiger partial charge in [0.2, 0.25) is 11.6 Å². The third-order valence-electron chi connectivity index (χ3n) is 6.52. The number of aromatic nitrogens is 1. The van der Waals surface area contributed by atoms with Crippen molar-refractivity contribution in [2.45, 2.75) is 19.4 Å². The zero-order chi connectivity index (χ0) is 27.6. The fraction of sp³-hybridized carbons (Fsp3) is 0.286. The number of hydrogen-bond donors (Lipinski definition) is 1. The first-order valence-corrected chi connectivity index (χ1v) is 11.6. The number of rotatable bonds is 8. The van der Waals surface area contributed by atoms with Gasteiger partial charge in [-0.15, -0.1) is 0 Å². The molecule has 10 heteroatoms. The normalized spacial score (nSPS) is 14.2. The van der Waals surface area contributed by atoms with Crippen molar-refractivity contribution in [2.24, 2.45) is 5.73 Å². The van der Waals surface area contributed by atoms with Gasteiger partial charge in [-0.05, 0) is 30.7 Å². The maximum absolute atomic E-state index is 14.1. The smallest absolute Gasteiger partial charge is 0.259 e. The first-order valence-electron chi connectivity index (χ1n) is 11.6. The van der Waals surface area contributed by atoms with Crippen molar-refractivity contribution < 1.29 is 28.4 Å². The van der Waals surface area contributed by atoms with E-state index in [-0.39, 0.29) is 34.9 Å². The highest BCUT2D eigenvalue weighted by Gasteiger charge is 2.37. The Kier molecular flexibility index (Phi) is 7.39. The van der Waals surface area contributed by atoms with Crippen LogP contribution in [0.4, 0.5) is 0 Å². The maximum atomic E-state index is 14.1. The van der Waals surface area contributed by atoms with Gasteiger partial charge in [-0.1, -0.05) is 12.1 Å². The third-order valence-corrected chi connectivity index (χ3v) is 6.52. The van der Waals surface area contributed by atoms with Crippen LogP contribution in [-0.2, 0) is 6.54 Å². The first kappa shape index (κ1) is 26.3. The molecule has 0 bridgehead atoms. The van der Waals surface area contributed by atoms with E-state index < -0.39 is 5.92 Å². The largest absolute Gasteiger partial charge is 0.493 e. The minimum Gasteiger partial charge on any atom is -0.493 e. The molecular formula is C28H29N3O7. The van der Waals surface area contributed by atoms with Crippen molar-refractivity contribution in [1.29, 1.82) is 5.26 Å². The molecule has 2 heterocycles. The highest BCUT2D eigenvalue weighted by molar-refractivity contribution is 5.64. The molecule has 3 aromatic rings. The van der Waals surface area contributed by atoms with Gasteiger partial charge in [-0.2, -0.15) is 5.26 Å². The van der Waals surface area contributed by atoms with E-state index in [1.807, 2.05) is 12.1 Å². The summed E-state index contributed by atoms with van der Waals surface area (Å²) in [5, 5.41) is 10.1. The van der Waals surface area contributed by atoms with Gasteiger partial charge in [0, 0.05) is 17.3 Å². The minimum atomic E-state index is -0.872. The number of hydrogen-bond acceptors (Lipinski definition) is 9. The number of aryl methyl sites for hydroxylation is 1. The molecule has 0 aliphatic carbocycles. The Morgan fingerprint density at radius 2 is 1.58 bits per heavy atom. The predicted molar refractivity (Wildman–Crippen MR) is 139 cm³/mol. The molecule has 0 fully saturated rings. The summed E-state index contributed by atoms with van der Waals surface area (Å²) in [6.07, 6.45) is 0. The molecule has 1 aliphatic heterocycles. The highest BCUT2D eigenvalue weighted by atomic mass is 16.5. The quantitative estimate of drug-likeness (QED) is 0.476. The van der Waals surface area contributed by atoms with E-state index in [0.717, 1.165) is 5.56 Å². The van der Waals surface area contributed by atoms with Crippen LogP contribution in [0, 0.1) is 18.3 Å². The molecule has 38 heavy (non-hydrogen) atoms. The SMILES string of the molecule is COc1ccc(Cn2c(C)cc3c(c2=O)[C@@H](c2ccc(OC)c(OC)c2OC)C(C#N)=C(N)O3)cc1OC.